The second kappa shape index (κ2) is 6.74. The molecule has 5 aromatic rings. The molecule has 2 aromatic carbocycles. The number of aromatic amines is 1. The van der Waals surface area contributed by atoms with Gasteiger partial charge in [-0.3, -0.25) is 4.79 Å². The van der Waals surface area contributed by atoms with E-state index in [1.54, 1.807) is 19.1 Å². The van der Waals surface area contributed by atoms with Crippen molar-refractivity contribution in [3.63, 3.8) is 0 Å². The molecule has 9 heteroatoms. The van der Waals surface area contributed by atoms with Crippen molar-refractivity contribution in [1.82, 2.24) is 19.6 Å². The number of nitrogen functional groups attached to an aromatic ring is 1. The second-order valence-electron chi connectivity index (χ2n) is 6.98. The minimum atomic E-state index is -0.455. The number of aromatic nitrogens is 4. The van der Waals surface area contributed by atoms with E-state index in [2.05, 4.69) is 21.1 Å². The van der Waals surface area contributed by atoms with Gasteiger partial charge in [0.1, 0.15) is 17.3 Å². The molecule has 0 atom stereocenters. The largest absolute Gasteiger partial charge is 0.494 e. The predicted molar refractivity (Wildman–Crippen MR) is 115 cm³/mol. The van der Waals surface area contributed by atoms with Crippen LogP contribution in [0, 0.1) is 18.3 Å². The van der Waals surface area contributed by atoms with Crippen LogP contribution in [-0.2, 0) is 0 Å². The molecule has 5 rings (SSSR count). The molecule has 0 aliphatic heterocycles. The number of fused-ring (bicyclic) bond motifs is 2. The number of H-pyrrole nitrogens is 1. The topological polar surface area (TPSA) is 135 Å². The lowest BCUT2D eigenvalue weighted by atomic mass is 10.1. The highest BCUT2D eigenvalue weighted by atomic mass is 16.5. The molecule has 3 heterocycles. The van der Waals surface area contributed by atoms with Gasteiger partial charge < -0.3 is 19.9 Å². The van der Waals surface area contributed by atoms with Crippen LogP contribution in [0.2, 0.25) is 0 Å². The third-order valence-corrected chi connectivity index (χ3v) is 5.06. The molecule has 9 nitrogen and oxygen atoms in total. The summed E-state index contributed by atoms with van der Waals surface area (Å²) in [6, 6.07) is 14.6. The molecule has 0 aliphatic rings. The maximum Gasteiger partial charge on any atom is 0.287 e. The van der Waals surface area contributed by atoms with Crippen LogP contribution in [0.25, 0.3) is 39.3 Å². The fourth-order valence-electron chi connectivity index (χ4n) is 3.68. The monoisotopic (exact) mass is 412 g/mol. The number of hydrogen-bond donors (Lipinski definition) is 2. The highest BCUT2D eigenvalue weighted by Gasteiger charge is 2.23. The molecule has 31 heavy (non-hydrogen) atoms. The van der Waals surface area contributed by atoms with Gasteiger partial charge in [0.25, 0.3) is 5.56 Å². The van der Waals surface area contributed by atoms with E-state index in [0.717, 1.165) is 5.56 Å². The highest BCUT2D eigenvalue weighted by Crippen LogP contribution is 2.33. The Hall–Kier alpha value is -4.58. The van der Waals surface area contributed by atoms with Gasteiger partial charge in [0.2, 0.25) is 5.89 Å². The van der Waals surface area contributed by atoms with Crippen molar-refractivity contribution in [2.45, 2.75) is 6.92 Å². The number of hydrogen-bond acceptors (Lipinski definition) is 7. The molecule has 0 unspecified atom stereocenters. The van der Waals surface area contributed by atoms with Gasteiger partial charge in [-0.2, -0.15) is 14.9 Å². The van der Waals surface area contributed by atoms with E-state index in [-0.39, 0.29) is 17.1 Å². The van der Waals surface area contributed by atoms with Gasteiger partial charge >= 0.3 is 0 Å². The first-order valence-electron chi connectivity index (χ1n) is 9.37. The summed E-state index contributed by atoms with van der Waals surface area (Å²) in [5.74, 6) is 0.548. The van der Waals surface area contributed by atoms with Gasteiger partial charge in [-0.05, 0) is 12.5 Å². The lowest BCUT2D eigenvalue weighted by molar-refractivity contribution is 0.419. The Morgan fingerprint density at radius 3 is 2.71 bits per heavy atom. The maximum absolute atomic E-state index is 13.4. The van der Waals surface area contributed by atoms with Crippen LogP contribution < -0.4 is 16.0 Å². The van der Waals surface area contributed by atoms with Crippen molar-refractivity contribution in [3.05, 3.63) is 64.2 Å². The summed E-state index contributed by atoms with van der Waals surface area (Å²) in [4.78, 5) is 21.0. The molecule has 152 valence electrons. The van der Waals surface area contributed by atoms with Crippen LogP contribution in [0.1, 0.15) is 11.4 Å². The number of nitrogens with two attached hydrogens (primary N) is 1. The summed E-state index contributed by atoms with van der Waals surface area (Å²) < 4.78 is 12.3. The molecule has 0 radical (unpaired) electrons. The lowest BCUT2D eigenvalue weighted by Crippen LogP contribution is -2.19. The number of ether oxygens (including phenoxy) is 1. The van der Waals surface area contributed by atoms with Crippen LogP contribution in [0.4, 0.5) is 5.69 Å². The maximum atomic E-state index is 13.4. The molecule has 0 bridgehead atoms. The van der Waals surface area contributed by atoms with Gasteiger partial charge in [-0.25, -0.2) is 4.98 Å². The zero-order chi connectivity index (χ0) is 21.7. The van der Waals surface area contributed by atoms with Crippen molar-refractivity contribution >= 4 is 22.4 Å². The Labute approximate surface area is 175 Å². The number of nitrogens with one attached hydrogen (secondary N) is 1. The number of nitrogens with zero attached hydrogens (tertiary/aromatic N) is 4. The van der Waals surface area contributed by atoms with E-state index in [4.69, 9.17) is 14.9 Å². The molecule has 3 N–H and O–H groups in total. The molecule has 0 aliphatic carbocycles. The van der Waals surface area contributed by atoms with Gasteiger partial charge in [0.15, 0.2) is 22.5 Å². The Kier molecular flexibility index (Phi) is 4.01. The minimum absolute atomic E-state index is 0.106. The highest BCUT2D eigenvalue weighted by molar-refractivity contribution is 5.86. The Bertz CT molecular complexity index is 1570. The smallest absolute Gasteiger partial charge is 0.287 e. The van der Waals surface area contributed by atoms with Gasteiger partial charge in [-0.15, -0.1) is 0 Å². The van der Waals surface area contributed by atoms with Crippen LogP contribution in [0.15, 0.2) is 51.7 Å². The number of oxazole rings is 1. The summed E-state index contributed by atoms with van der Waals surface area (Å²) in [5.41, 5.74) is 9.37. The average molecular weight is 412 g/mol. The first kappa shape index (κ1) is 18.4. The van der Waals surface area contributed by atoms with Crippen LogP contribution in [-0.4, -0.2) is 26.7 Å². The van der Waals surface area contributed by atoms with Crippen molar-refractivity contribution < 1.29 is 9.15 Å². The first-order chi connectivity index (χ1) is 15.0. The van der Waals surface area contributed by atoms with Crippen molar-refractivity contribution in [3.8, 4) is 34.4 Å². The van der Waals surface area contributed by atoms with Crippen LogP contribution in [0.5, 0.6) is 5.75 Å². The van der Waals surface area contributed by atoms with E-state index < -0.39 is 5.56 Å². The third kappa shape index (κ3) is 2.73. The fourth-order valence-corrected chi connectivity index (χ4v) is 3.68. The van der Waals surface area contributed by atoms with E-state index >= 15 is 0 Å². The van der Waals surface area contributed by atoms with Crippen molar-refractivity contribution in [2.75, 3.05) is 12.8 Å². The summed E-state index contributed by atoms with van der Waals surface area (Å²) in [6.07, 6.45) is 0. The normalized spacial score (nSPS) is 11.1. The summed E-state index contributed by atoms with van der Waals surface area (Å²) in [6.45, 7) is 1.74. The molecule has 0 amide bonds. The number of rotatable bonds is 3. The molecule has 0 saturated carbocycles. The lowest BCUT2D eigenvalue weighted by Gasteiger charge is -2.05. The standard InChI is InChI=1S/C22H16N6O3/c1-11-17(21-26-19-15(30-2)8-13(24)9-16(19)31-21)22(29)28-20(25-11)18(14(10-23)27-28)12-6-4-3-5-7-12/h3-9,25H,24H2,1-2H3. The third-order valence-electron chi connectivity index (χ3n) is 5.06. The van der Waals surface area contributed by atoms with E-state index in [0.29, 0.717) is 39.4 Å². The SMILES string of the molecule is COc1cc(N)cc2oc(-c3c(C)[nH]c4c(-c5ccccc5)c(C#N)nn4c3=O)nc12. The van der Waals surface area contributed by atoms with Crippen molar-refractivity contribution in [1.29, 1.82) is 5.26 Å². The number of benzene rings is 2. The van der Waals surface area contributed by atoms with E-state index in [1.165, 1.54) is 11.6 Å². The zero-order valence-corrected chi connectivity index (χ0v) is 16.6. The van der Waals surface area contributed by atoms with Crippen molar-refractivity contribution in [2.24, 2.45) is 0 Å². The van der Waals surface area contributed by atoms with Crippen LogP contribution >= 0.6 is 0 Å². The first-order valence-corrected chi connectivity index (χ1v) is 9.37. The molecule has 0 fully saturated rings. The minimum Gasteiger partial charge on any atom is -0.494 e. The van der Waals surface area contributed by atoms with Crippen LogP contribution in [0.3, 0.4) is 0 Å². The van der Waals surface area contributed by atoms with Gasteiger partial charge in [-0.1, -0.05) is 30.3 Å². The molecule has 0 saturated heterocycles. The Balaban J connectivity index is 1.80. The number of methoxy groups -OCH3 is 1. The molecule has 3 aromatic heterocycles. The quantitative estimate of drug-likeness (QED) is 0.434. The molecular formula is C22H16N6O3. The Morgan fingerprint density at radius 1 is 1.23 bits per heavy atom. The Morgan fingerprint density at radius 2 is 2.00 bits per heavy atom. The number of anilines is 1. The van der Waals surface area contributed by atoms with E-state index in [1.807, 2.05) is 30.3 Å². The fraction of sp³-hybridized carbons (Fsp3) is 0.0909. The summed E-state index contributed by atoms with van der Waals surface area (Å²) in [7, 11) is 1.50. The van der Waals surface area contributed by atoms with Gasteiger partial charge in [0.05, 0.1) is 12.7 Å². The molecular weight excluding hydrogens is 396 g/mol. The molecule has 0 spiro atoms. The second-order valence-corrected chi connectivity index (χ2v) is 6.98. The van der Waals surface area contributed by atoms with E-state index in [9.17, 15) is 10.1 Å². The zero-order valence-electron chi connectivity index (χ0n) is 16.6. The summed E-state index contributed by atoms with van der Waals surface area (Å²) in [5, 5.41) is 13.8. The number of aryl methyl sites for hydroxylation is 1. The average Bonchev–Trinajstić information content (AvgIpc) is 3.35. The predicted octanol–water partition coefficient (Wildman–Crippen LogP) is 3.27. The number of nitriles is 1. The van der Waals surface area contributed by atoms with Gasteiger partial charge in [0, 0.05) is 23.5 Å². The summed E-state index contributed by atoms with van der Waals surface area (Å²) >= 11 is 0.